The van der Waals surface area contributed by atoms with Crippen molar-refractivity contribution in [1.29, 1.82) is 0 Å². The highest BCUT2D eigenvalue weighted by Crippen LogP contribution is 2.21. The molecule has 0 aliphatic carbocycles. The van der Waals surface area contributed by atoms with Crippen molar-refractivity contribution in [3.05, 3.63) is 29.3 Å². The van der Waals surface area contributed by atoms with Gasteiger partial charge in [-0.05, 0) is 37.5 Å². The summed E-state index contributed by atoms with van der Waals surface area (Å²) in [7, 11) is -2.90. The fourth-order valence-electron chi connectivity index (χ4n) is 1.72. The molecule has 1 rings (SSSR count). The molecule has 0 unspecified atom stereocenters. The summed E-state index contributed by atoms with van der Waals surface area (Å²) in [6.07, 6.45) is 0.519. The van der Waals surface area contributed by atoms with Crippen LogP contribution in [0, 0.1) is 6.92 Å². The Labute approximate surface area is 115 Å². The highest BCUT2D eigenvalue weighted by Gasteiger charge is 2.08. The first-order valence-corrected chi connectivity index (χ1v) is 8.37. The van der Waals surface area contributed by atoms with E-state index in [1.807, 2.05) is 32.0 Å². The van der Waals surface area contributed by atoms with E-state index in [0.717, 1.165) is 16.9 Å². The second-order valence-electron chi connectivity index (χ2n) is 4.75. The summed E-state index contributed by atoms with van der Waals surface area (Å²) in [6, 6.07) is 5.84. The van der Waals surface area contributed by atoms with Gasteiger partial charge in [-0.2, -0.15) is 0 Å². The Balaban J connectivity index is 2.50. The van der Waals surface area contributed by atoms with Crippen molar-refractivity contribution < 1.29 is 13.2 Å². The monoisotopic (exact) mass is 285 g/mol. The molecule has 0 radical (unpaired) electrons. The molecule has 1 aromatic carbocycles. The predicted molar refractivity (Wildman–Crippen MR) is 78.2 cm³/mol. The van der Waals surface area contributed by atoms with Crippen LogP contribution in [0.1, 0.15) is 37.4 Å². The third kappa shape index (κ3) is 5.20. The average molecular weight is 285 g/mol. The van der Waals surface area contributed by atoms with Gasteiger partial charge in [0.05, 0.1) is 12.4 Å². The van der Waals surface area contributed by atoms with E-state index in [-0.39, 0.29) is 17.5 Å². The quantitative estimate of drug-likeness (QED) is 0.780. The number of rotatable bonds is 7. The molecule has 5 heteroatoms. The zero-order chi connectivity index (χ0) is 14.5. The summed E-state index contributed by atoms with van der Waals surface area (Å²) < 4.78 is 28.3. The molecule has 1 atom stereocenters. The average Bonchev–Trinajstić information content (AvgIpc) is 2.36. The molecule has 0 aromatic heterocycles. The first-order chi connectivity index (χ1) is 8.85. The van der Waals surface area contributed by atoms with Crippen molar-refractivity contribution in [2.75, 3.05) is 18.1 Å². The lowest BCUT2D eigenvalue weighted by molar-refractivity contribution is 0.315. The van der Waals surface area contributed by atoms with Gasteiger partial charge >= 0.3 is 0 Å². The smallest absolute Gasteiger partial charge is 0.150 e. The topological polar surface area (TPSA) is 69.4 Å². The molecule has 108 valence electrons. The van der Waals surface area contributed by atoms with Crippen molar-refractivity contribution in [3.63, 3.8) is 0 Å². The molecule has 0 aliphatic heterocycles. The maximum absolute atomic E-state index is 11.3. The summed E-state index contributed by atoms with van der Waals surface area (Å²) in [5.74, 6) is 1.16. The van der Waals surface area contributed by atoms with Crippen LogP contribution in [-0.2, 0) is 9.84 Å². The van der Waals surface area contributed by atoms with Gasteiger partial charge in [-0.15, -0.1) is 0 Å². The van der Waals surface area contributed by atoms with E-state index in [1.54, 1.807) is 6.92 Å². The molecule has 0 aliphatic rings. The highest BCUT2D eigenvalue weighted by molar-refractivity contribution is 7.91. The minimum atomic E-state index is -2.90. The molecule has 0 heterocycles. The second-order valence-corrected chi connectivity index (χ2v) is 7.22. The van der Waals surface area contributed by atoms with Crippen LogP contribution in [0.3, 0.4) is 0 Å². The Morgan fingerprint density at radius 1 is 1.37 bits per heavy atom. The summed E-state index contributed by atoms with van der Waals surface area (Å²) in [4.78, 5) is 0. The zero-order valence-corrected chi connectivity index (χ0v) is 12.7. The Bertz CT molecular complexity index is 509. The van der Waals surface area contributed by atoms with Crippen molar-refractivity contribution in [2.45, 2.75) is 33.2 Å². The van der Waals surface area contributed by atoms with Crippen LogP contribution in [0.4, 0.5) is 0 Å². The molecule has 0 bridgehead atoms. The SMILES string of the molecule is CCS(=O)(=O)CCCOc1ccc([C@H](C)N)cc1C. The summed E-state index contributed by atoms with van der Waals surface area (Å²) in [5, 5.41) is 0. The molecule has 19 heavy (non-hydrogen) atoms. The van der Waals surface area contributed by atoms with Crippen LogP contribution in [0.25, 0.3) is 0 Å². The number of sulfone groups is 1. The van der Waals surface area contributed by atoms with Gasteiger partial charge < -0.3 is 10.5 Å². The second kappa shape index (κ2) is 6.91. The van der Waals surface area contributed by atoms with Crippen LogP contribution < -0.4 is 10.5 Å². The van der Waals surface area contributed by atoms with Gasteiger partial charge in [0.25, 0.3) is 0 Å². The minimum absolute atomic E-state index is 0.00227. The van der Waals surface area contributed by atoms with E-state index in [2.05, 4.69) is 0 Å². The molecule has 1 aromatic rings. The van der Waals surface area contributed by atoms with Gasteiger partial charge in [0, 0.05) is 11.8 Å². The molecule has 0 saturated heterocycles. The number of aryl methyl sites for hydroxylation is 1. The predicted octanol–water partition coefficient (Wildman–Crippen LogP) is 2.22. The molecular formula is C14H23NO3S. The lowest BCUT2D eigenvalue weighted by Gasteiger charge is -2.12. The van der Waals surface area contributed by atoms with Crippen LogP contribution >= 0.6 is 0 Å². The number of nitrogens with two attached hydrogens (primary N) is 1. The van der Waals surface area contributed by atoms with E-state index in [9.17, 15) is 8.42 Å². The minimum Gasteiger partial charge on any atom is -0.493 e. The van der Waals surface area contributed by atoms with E-state index in [4.69, 9.17) is 10.5 Å². The lowest BCUT2D eigenvalue weighted by atomic mass is 10.1. The Morgan fingerprint density at radius 2 is 2.05 bits per heavy atom. The summed E-state index contributed by atoms with van der Waals surface area (Å²) >= 11 is 0. The lowest BCUT2D eigenvalue weighted by Crippen LogP contribution is -2.12. The van der Waals surface area contributed by atoms with Crippen LogP contribution in [0.15, 0.2) is 18.2 Å². The van der Waals surface area contributed by atoms with E-state index in [0.29, 0.717) is 13.0 Å². The highest BCUT2D eigenvalue weighted by atomic mass is 32.2. The third-order valence-corrected chi connectivity index (χ3v) is 4.81. The fourth-order valence-corrected chi connectivity index (χ4v) is 2.57. The first kappa shape index (κ1) is 16.0. The fraction of sp³-hybridized carbons (Fsp3) is 0.571. The Hall–Kier alpha value is -1.07. The molecule has 0 saturated carbocycles. The molecule has 2 N–H and O–H groups in total. The van der Waals surface area contributed by atoms with Crippen molar-refractivity contribution in [2.24, 2.45) is 5.73 Å². The normalized spacial score (nSPS) is 13.3. The molecule has 0 amide bonds. The number of benzene rings is 1. The third-order valence-electron chi connectivity index (χ3n) is 3.02. The van der Waals surface area contributed by atoms with Gasteiger partial charge in [0.15, 0.2) is 0 Å². The molecule has 4 nitrogen and oxygen atoms in total. The van der Waals surface area contributed by atoms with Crippen LogP contribution in [0.2, 0.25) is 0 Å². The maximum atomic E-state index is 11.3. The van der Waals surface area contributed by atoms with Crippen molar-refractivity contribution >= 4 is 9.84 Å². The van der Waals surface area contributed by atoms with Gasteiger partial charge in [-0.1, -0.05) is 19.1 Å². The van der Waals surface area contributed by atoms with Crippen molar-refractivity contribution in [3.8, 4) is 5.75 Å². The first-order valence-electron chi connectivity index (χ1n) is 6.55. The summed E-state index contributed by atoms with van der Waals surface area (Å²) in [6.45, 7) is 5.97. The van der Waals surface area contributed by atoms with E-state index < -0.39 is 9.84 Å². The Morgan fingerprint density at radius 3 is 2.58 bits per heavy atom. The van der Waals surface area contributed by atoms with Gasteiger partial charge in [0.1, 0.15) is 15.6 Å². The van der Waals surface area contributed by atoms with Gasteiger partial charge in [-0.3, -0.25) is 0 Å². The van der Waals surface area contributed by atoms with Crippen LogP contribution in [0.5, 0.6) is 5.75 Å². The Kier molecular flexibility index (Phi) is 5.82. The largest absolute Gasteiger partial charge is 0.493 e. The summed E-state index contributed by atoms with van der Waals surface area (Å²) in [5.41, 5.74) is 7.90. The van der Waals surface area contributed by atoms with E-state index >= 15 is 0 Å². The zero-order valence-electron chi connectivity index (χ0n) is 11.8. The van der Waals surface area contributed by atoms with E-state index in [1.165, 1.54) is 0 Å². The maximum Gasteiger partial charge on any atom is 0.150 e. The number of ether oxygens (including phenoxy) is 1. The molecule has 0 spiro atoms. The molecular weight excluding hydrogens is 262 g/mol. The van der Waals surface area contributed by atoms with Crippen LogP contribution in [-0.4, -0.2) is 26.5 Å². The number of hydrogen-bond donors (Lipinski definition) is 1. The number of hydrogen-bond acceptors (Lipinski definition) is 4. The standard InChI is InChI=1S/C14H23NO3S/c1-4-19(16,17)9-5-8-18-14-7-6-13(12(3)15)10-11(14)2/h6-7,10,12H,4-5,8-9,15H2,1-3H3/t12-/m0/s1. The van der Waals surface area contributed by atoms with Crippen molar-refractivity contribution in [1.82, 2.24) is 0 Å². The van der Waals surface area contributed by atoms with Gasteiger partial charge in [-0.25, -0.2) is 8.42 Å². The molecule has 0 fully saturated rings. The van der Waals surface area contributed by atoms with Gasteiger partial charge in [0.2, 0.25) is 0 Å².